The Bertz CT molecular complexity index is 611. The minimum absolute atomic E-state index is 0.270. The topological polar surface area (TPSA) is 70.9 Å². The van der Waals surface area contributed by atoms with Crippen LogP contribution in [0.4, 0.5) is 0 Å². The molecule has 0 amide bonds. The number of nitriles is 1. The van der Waals surface area contributed by atoms with E-state index in [-0.39, 0.29) is 5.82 Å². The molecule has 18 heavy (non-hydrogen) atoms. The molecule has 5 nitrogen and oxygen atoms in total. The lowest BCUT2D eigenvalue weighted by Crippen LogP contribution is -1.93. The van der Waals surface area contributed by atoms with Gasteiger partial charge in [-0.15, -0.1) is 0 Å². The van der Waals surface area contributed by atoms with Crippen molar-refractivity contribution in [3.63, 3.8) is 0 Å². The lowest BCUT2D eigenvalue weighted by atomic mass is 10.1. The van der Waals surface area contributed by atoms with E-state index in [2.05, 4.69) is 9.97 Å². The summed E-state index contributed by atoms with van der Waals surface area (Å²) in [6.07, 6.45) is 1.60. The number of nitrogens with one attached hydrogen (secondary N) is 1. The molecule has 0 aliphatic carbocycles. The monoisotopic (exact) mass is 243 g/mol. The molecule has 0 saturated carbocycles. The second-order valence-corrected chi connectivity index (χ2v) is 3.78. The number of benzene rings is 1. The SMILES string of the molecule is COc1cc(-c2cnc(C#N)[nH]2)c(OC)cc1C. The summed E-state index contributed by atoms with van der Waals surface area (Å²) in [6, 6.07) is 5.71. The van der Waals surface area contributed by atoms with E-state index in [9.17, 15) is 0 Å². The summed E-state index contributed by atoms with van der Waals surface area (Å²) in [5.41, 5.74) is 2.52. The van der Waals surface area contributed by atoms with Gasteiger partial charge in [-0.3, -0.25) is 0 Å². The van der Waals surface area contributed by atoms with Gasteiger partial charge >= 0.3 is 0 Å². The van der Waals surface area contributed by atoms with Gasteiger partial charge in [0.2, 0.25) is 5.82 Å². The molecule has 1 N–H and O–H groups in total. The third-order valence-electron chi connectivity index (χ3n) is 2.69. The maximum Gasteiger partial charge on any atom is 0.210 e. The minimum Gasteiger partial charge on any atom is -0.496 e. The molecule has 92 valence electrons. The van der Waals surface area contributed by atoms with Crippen LogP contribution in [0.15, 0.2) is 18.3 Å². The Morgan fingerprint density at radius 1 is 1.22 bits per heavy atom. The number of rotatable bonds is 3. The lowest BCUT2D eigenvalue weighted by Gasteiger charge is -2.11. The Hall–Kier alpha value is -2.48. The third kappa shape index (κ3) is 2.00. The summed E-state index contributed by atoms with van der Waals surface area (Å²) < 4.78 is 10.6. The smallest absolute Gasteiger partial charge is 0.210 e. The van der Waals surface area contributed by atoms with E-state index < -0.39 is 0 Å². The highest BCUT2D eigenvalue weighted by molar-refractivity contribution is 5.70. The van der Waals surface area contributed by atoms with Gasteiger partial charge in [-0.1, -0.05) is 0 Å². The van der Waals surface area contributed by atoms with Crippen molar-refractivity contribution < 1.29 is 9.47 Å². The molecular weight excluding hydrogens is 230 g/mol. The average Bonchev–Trinajstić information content (AvgIpc) is 2.87. The number of aryl methyl sites for hydroxylation is 1. The van der Waals surface area contributed by atoms with Crippen molar-refractivity contribution in [2.75, 3.05) is 14.2 Å². The van der Waals surface area contributed by atoms with Gasteiger partial charge in [-0.25, -0.2) is 4.98 Å². The van der Waals surface area contributed by atoms with Gasteiger partial charge in [-0.2, -0.15) is 5.26 Å². The molecule has 0 saturated heterocycles. The Morgan fingerprint density at radius 3 is 2.50 bits per heavy atom. The van der Waals surface area contributed by atoms with Gasteiger partial charge in [0.1, 0.15) is 17.6 Å². The zero-order chi connectivity index (χ0) is 13.1. The number of hydrogen-bond acceptors (Lipinski definition) is 4. The van der Waals surface area contributed by atoms with Crippen molar-refractivity contribution in [2.24, 2.45) is 0 Å². The van der Waals surface area contributed by atoms with Crippen LogP contribution in [0.1, 0.15) is 11.4 Å². The first-order valence-electron chi connectivity index (χ1n) is 5.37. The molecule has 0 radical (unpaired) electrons. The average molecular weight is 243 g/mol. The molecule has 0 unspecified atom stereocenters. The Balaban J connectivity index is 2.58. The number of nitrogens with zero attached hydrogens (tertiary/aromatic N) is 2. The van der Waals surface area contributed by atoms with E-state index in [4.69, 9.17) is 14.7 Å². The van der Waals surface area contributed by atoms with E-state index in [1.165, 1.54) is 0 Å². The van der Waals surface area contributed by atoms with Gasteiger partial charge in [-0.05, 0) is 24.6 Å². The molecule has 0 aliphatic rings. The molecule has 5 heteroatoms. The molecule has 0 fully saturated rings. The normalized spacial score (nSPS) is 9.89. The molecule has 1 aromatic heterocycles. The van der Waals surface area contributed by atoms with Crippen molar-refractivity contribution in [2.45, 2.75) is 6.92 Å². The molecule has 0 bridgehead atoms. The van der Waals surface area contributed by atoms with Crippen molar-refractivity contribution in [1.82, 2.24) is 9.97 Å². The van der Waals surface area contributed by atoms with Crippen molar-refractivity contribution in [3.8, 4) is 28.8 Å². The summed E-state index contributed by atoms with van der Waals surface area (Å²) in [7, 11) is 3.22. The molecule has 1 heterocycles. The second-order valence-electron chi connectivity index (χ2n) is 3.78. The molecule has 2 aromatic rings. The van der Waals surface area contributed by atoms with Gasteiger partial charge in [0.25, 0.3) is 0 Å². The van der Waals surface area contributed by atoms with Gasteiger partial charge in [0.05, 0.1) is 26.1 Å². The predicted octanol–water partition coefficient (Wildman–Crippen LogP) is 2.27. The third-order valence-corrected chi connectivity index (χ3v) is 2.69. The largest absolute Gasteiger partial charge is 0.496 e. The van der Waals surface area contributed by atoms with E-state index in [1.54, 1.807) is 20.4 Å². The Kier molecular flexibility index (Phi) is 3.20. The van der Waals surface area contributed by atoms with Gasteiger partial charge in [0, 0.05) is 5.56 Å². The number of H-pyrrole nitrogens is 1. The molecule has 1 aromatic carbocycles. The number of aromatic nitrogens is 2. The first-order valence-corrected chi connectivity index (χ1v) is 5.37. The van der Waals surface area contributed by atoms with Crippen LogP contribution in [0.25, 0.3) is 11.3 Å². The summed E-state index contributed by atoms with van der Waals surface area (Å²) in [4.78, 5) is 6.87. The van der Waals surface area contributed by atoms with Gasteiger partial charge in [0.15, 0.2) is 0 Å². The van der Waals surface area contributed by atoms with Crippen LogP contribution in [-0.4, -0.2) is 24.2 Å². The molecule has 0 spiro atoms. The highest BCUT2D eigenvalue weighted by Crippen LogP contribution is 2.34. The fourth-order valence-corrected chi connectivity index (χ4v) is 1.78. The van der Waals surface area contributed by atoms with Crippen LogP contribution < -0.4 is 9.47 Å². The van der Waals surface area contributed by atoms with Crippen LogP contribution >= 0.6 is 0 Å². The van der Waals surface area contributed by atoms with Crippen molar-refractivity contribution in [3.05, 3.63) is 29.7 Å². The quantitative estimate of drug-likeness (QED) is 0.897. The maximum atomic E-state index is 8.77. The first-order chi connectivity index (χ1) is 8.69. The number of imidazole rings is 1. The van der Waals surface area contributed by atoms with E-state index in [1.807, 2.05) is 25.1 Å². The maximum absolute atomic E-state index is 8.77. The Labute approximate surface area is 105 Å². The summed E-state index contributed by atoms with van der Waals surface area (Å²) in [5.74, 6) is 1.74. The highest BCUT2D eigenvalue weighted by Gasteiger charge is 2.12. The zero-order valence-corrected chi connectivity index (χ0v) is 10.4. The fourth-order valence-electron chi connectivity index (χ4n) is 1.78. The molecule has 0 atom stereocenters. The van der Waals surface area contributed by atoms with E-state index in [0.29, 0.717) is 5.75 Å². The number of ether oxygens (including phenoxy) is 2. The van der Waals surface area contributed by atoms with Crippen LogP contribution in [0.3, 0.4) is 0 Å². The lowest BCUT2D eigenvalue weighted by molar-refractivity contribution is 0.401. The number of methoxy groups -OCH3 is 2. The first kappa shape index (κ1) is 12.0. The molecule has 2 rings (SSSR count). The summed E-state index contributed by atoms with van der Waals surface area (Å²) >= 11 is 0. The standard InChI is InChI=1S/C13H13N3O2/c1-8-4-12(18-3)9(5-11(8)17-2)10-7-15-13(6-14)16-10/h4-5,7H,1-3H3,(H,15,16). The Morgan fingerprint density at radius 2 is 1.94 bits per heavy atom. The van der Waals surface area contributed by atoms with Crippen molar-refractivity contribution in [1.29, 1.82) is 5.26 Å². The van der Waals surface area contributed by atoms with E-state index >= 15 is 0 Å². The van der Waals surface area contributed by atoms with Crippen LogP contribution in [-0.2, 0) is 0 Å². The second kappa shape index (κ2) is 4.80. The minimum atomic E-state index is 0.270. The fraction of sp³-hybridized carbons (Fsp3) is 0.231. The summed E-state index contributed by atoms with van der Waals surface area (Å²) in [5, 5.41) is 8.77. The predicted molar refractivity (Wildman–Crippen MR) is 66.6 cm³/mol. The highest BCUT2D eigenvalue weighted by atomic mass is 16.5. The van der Waals surface area contributed by atoms with E-state index in [0.717, 1.165) is 22.6 Å². The van der Waals surface area contributed by atoms with Crippen LogP contribution in [0.5, 0.6) is 11.5 Å². The summed E-state index contributed by atoms with van der Waals surface area (Å²) in [6.45, 7) is 1.94. The molecular formula is C13H13N3O2. The molecule has 0 aliphatic heterocycles. The number of hydrogen-bond donors (Lipinski definition) is 1. The number of aromatic amines is 1. The van der Waals surface area contributed by atoms with Crippen molar-refractivity contribution >= 4 is 0 Å². The van der Waals surface area contributed by atoms with Gasteiger partial charge < -0.3 is 14.5 Å². The van der Waals surface area contributed by atoms with Crippen LogP contribution in [0.2, 0.25) is 0 Å². The van der Waals surface area contributed by atoms with Crippen LogP contribution in [0, 0.1) is 18.3 Å². The zero-order valence-electron chi connectivity index (χ0n) is 10.4.